The summed E-state index contributed by atoms with van der Waals surface area (Å²) in [6.45, 7) is 14.2. The molecule has 142 valence electrons. The first-order valence-electron chi connectivity index (χ1n) is 9.03. The van der Waals surface area contributed by atoms with E-state index < -0.39 is 30.0 Å². The van der Waals surface area contributed by atoms with Crippen LogP contribution in [0.1, 0.15) is 54.0 Å². The number of hydrogen-bond donors (Lipinski definition) is 1. The summed E-state index contributed by atoms with van der Waals surface area (Å²) in [6, 6.07) is 3.71. The summed E-state index contributed by atoms with van der Waals surface area (Å²) >= 11 is 0. The van der Waals surface area contributed by atoms with Crippen molar-refractivity contribution in [2.75, 3.05) is 11.9 Å². The fraction of sp³-hybridized carbons (Fsp3) is 0.632. The van der Waals surface area contributed by atoms with Crippen LogP contribution in [0.15, 0.2) is 12.1 Å². The molecule has 0 aliphatic carbocycles. The second-order valence-electron chi connectivity index (χ2n) is 8.86. The van der Waals surface area contributed by atoms with E-state index in [0.29, 0.717) is 12.3 Å². The summed E-state index contributed by atoms with van der Waals surface area (Å²) in [5.74, 6) is 0.753. The van der Waals surface area contributed by atoms with Crippen molar-refractivity contribution in [3.8, 4) is 5.75 Å². The molecule has 7 heteroatoms. The molecule has 0 radical (unpaired) electrons. The molecule has 0 saturated carbocycles. The lowest BCUT2D eigenvalue weighted by Gasteiger charge is -2.32. The Morgan fingerprint density at radius 1 is 1.15 bits per heavy atom. The molecule has 2 aliphatic heterocycles. The van der Waals surface area contributed by atoms with Gasteiger partial charge in [0.1, 0.15) is 11.4 Å². The Bertz CT molecular complexity index is 707. The molecule has 1 aromatic rings. The van der Waals surface area contributed by atoms with Gasteiger partial charge in [0.25, 0.3) is 0 Å². The van der Waals surface area contributed by atoms with Crippen molar-refractivity contribution in [1.82, 2.24) is 0 Å². The van der Waals surface area contributed by atoms with Gasteiger partial charge in [0.05, 0.1) is 17.8 Å². The standard InChI is InChI=1S/C19H28BNO5/c1-17(2,3)24-16(22)21-12-10-14(13-8-9-23-15(13)11-12)20-25-18(4,5)19(6,7)26-20/h10-11H,8-9H2,1-7H3,(H,21,22). The Labute approximate surface area is 155 Å². The molecule has 0 aromatic heterocycles. The lowest BCUT2D eigenvalue weighted by molar-refractivity contribution is 0.00578. The fourth-order valence-electron chi connectivity index (χ4n) is 3.00. The highest BCUT2D eigenvalue weighted by Crippen LogP contribution is 2.38. The second kappa shape index (κ2) is 6.17. The maximum Gasteiger partial charge on any atom is 0.495 e. The van der Waals surface area contributed by atoms with Crippen LogP contribution in [0.3, 0.4) is 0 Å². The molecule has 2 aliphatic rings. The van der Waals surface area contributed by atoms with Crippen molar-refractivity contribution in [3.63, 3.8) is 0 Å². The first-order valence-corrected chi connectivity index (χ1v) is 9.03. The van der Waals surface area contributed by atoms with E-state index in [2.05, 4.69) is 5.32 Å². The van der Waals surface area contributed by atoms with Gasteiger partial charge in [-0.2, -0.15) is 0 Å². The number of carbonyl (C=O) groups is 1. The molecule has 3 rings (SSSR count). The van der Waals surface area contributed by atoms with Crippen molar-refractivity contribution >= 4 is 24.4 Å². The van der Waals surface area contributed by atoms with Gasteiger partial charge in [0.15, 0.2) is 0 Å². The van der Waals surface area contributed by atoms with Gasteiger partial charge in [0, 0.05) is 18.2 Å². The van der Waals surface area contributed by atoms with Gasteiger partial charge in [0.2, 0.25) is 0 Å². The zero-order valence-corrected chi connectivity index (χ0v) is 16.7. The Kier molecular flexibility index (Phi) is 4.52. The number of ether oxygens (including phenoxy) is 2. The number of rotatable bonds is 2. The van der Waals surface area contributed by atoms with Crippen molar-refractivity contribution in [1.29, 1.82) is 0 Å². The maximum atomic E-state index is 12.1. The maximum absolute atomic E-state index is 12.1. The minimum absolute atomic E-state index is 0.432. The van der Waals surface area contributed by atoms with E-state index in [9.17, 15) is 4.79 Å². The third-order valence-electron chi connectivity index (χ3n) is 5.01. The van der Waals surface area contributed by atoms with Crippen LogP contribution in [0, 0.1) is 0 Å². The minimum Gasteiger partial charge on any atom is -0.493 e. The van der Waals surface area contributed by atoms with Gasteiger partial charge in [-0.1, -0.05) is 0 Å². The average Bonchev–Trinajstić information content (AvgIpc) is 2.98. The molecule has 0 bridgehead atoms. The van der Waals surface area contributed by atoms with Crippen LogP contribution in [-0.2, 0) is 20.5 Å². The van der Waals surface area contributed by atoms with Gasteiger partial charge in [-0.3, -0.25) is 5.32 Å². The lowest BCUT2D eigenvalue weighted by atomic mass is 9.75. The van der Waals surface area contributed by atoms with E-state index in [0.717, 1.165) is 23.2 Å². The van der Waals surface area contributed by atoms with E-state index in [1.54, 1.807) is 0 Å². The smallest absolute Gasteiger partial charge is 0.493 e. The average molecular weight is 361 g/mol. The number of anilines is 1. The van der Waals surface area contributed by atoms with Crippen LogP contribution in [0.5, 0.6) is 5.75 Å². The number of hydrogen-bond acceptors (Lipinski definition) is 5. The first kappa shape index (κ1) is 19.0. The molecule has 1 amide bonds. The van der Waals surface area contributed by atoms with E-state index in [-0.39, 0.29) is 0 Å². The Morgan fingerprint density at radius 3 is 2.35 bits per heavy atom. The number of carbonyl (C=O) groups excluding carboxylic acids is 1. The predicted molar refractivity (Wildman–Crippen MR) is 101 cm³/mol. The van der Waals surface area contributed by atoms with Crippen molar-refractivity contribution in [2.45, 2.75) is 71.7 Å². The Morgan fingerprint density at radius 2 is 1.77 bits per heavy atom. The van der Waals surface area contributed by atoms with Crippen molar-refractivity contribution < 1.29 is 23.6 Å². The van der Waals surface area contributed by atoms with Crippen LogP contribution < -0.4 is 15.5 Å². The largest absolute Gasteiger partial charge is 0.495 e. The molecule has 1 saturated heterocycles. The summed E-state index contributed by atoms with van der Waals surface area (Å²) in [5, 5.41) is 2.78. The third-order valence-corrected chi connectivity index (χ3v) is 5.01. The van der Waals surface area contributed by atoms with E-state index >= 15 is 0 Å². The van der Waals surface area contributed by atoms with Gasteiger partial charge < -0.3 is 18.8 Å². The summed E-state index contributed by atoms with van der Waals surface area (Å²) in [7, 11) is -0.504. The van der Waals surface area contributed by atoms with Gasteiger partial charge >= 0.3 is 13.2 Å². The highest BCUT2D eigenvalue weighted by molar-refractivity contribution is 6.63. The number of nitrogens with one attached hydrogen (secondary N) is 1. The lowest BCUT2D eigenvalue weighted by Crippen LogP contribution is -2.41. The molecular weight excluding hydrogens is 333 g/mol. The minimum atomic E-state index is -0.564. The van der Waals surface area contributed by atoms with Crippen LogP contribution >= 0.6 is 0 Å². The highest BCUT2D eigenvalue weighted by Gasteiger charge is 2.52. The van der Waals surface area contributed by atoms with Gasteiger partial charge in [-0.25, -0.2) is 4.79 Å². The van der Waals surface area contributed by atoms with Crippen molar-refractivity contribution in [2.24, 2.45) is 0 Å². The molecule has 0 atom stereocenters. The molecule has 6 nitrogen and oxygen atoms in total. The quantitative estimate of drug-likeness (QED) is 0.819. The summed E-state index contributed by atoms with van der Waals surface area (Å²) in [4.78, 5) is 12.1. The molecule has 0 unspecified atom stereocenters. The third kappa shape index (κ3) is 3.69. The SMILES string of the molecule is CC(C)(C)OC(=O)Nc1cc2c(c(B3OC(C)(C)C(C)(C)O3)c1)CCO2. The van der Waals surface area contributed by atoms with E-state index in [1.807, 2.05) is 60.6 Å². The summed E-state index contributed by atoms with van der Waals surface area (Å²) < 4.78 is 23.5. The van der Waals surface area contributed by atoms with E-state index in [4.69, 9.17) is 18.8 Å². The normalized spacial score (nSPS) is 20.5. The second-order valence-corrected chi connectivity index (χ2v) is 8.86. The van der Waals surface area contributed by atoms with Gasteiger partial charge in [-0.15, -0.1) is 0 Å². The molecular formula is C19H28BNO5. The predicted octanol–water partition coefficient (Wildman–Crippen LogP) is 3.27. The molecule has 1 aromatic carbocycles. The van der Waals surface area contributed by atoms with E-state index in [1.165, 1.54) is 0 Å². The van der Waals surface area contributed by atoms with Crippen LogP contribution in [0.2, 0.25) is 0 Å². The molecule has 1 N–H and O–H groups in total. The van der Waals surface area contributed by atoms with Gasteiger partial charge in [-0.05, 0) is 65.6 Å². The van der Waals surface area contributed by atoms with Crippen LogP contribution in [-0.4, -0.2) is 36.6 Å². The Balaban J connectivity index is 1.89. The molecule has 2 heterocycles. The molecule has 0 spiro atoms. The highest BCUT2D eigenvalue weighted by atomic mass is 16.7. The first-order chi connectivity index (χ1) is 11.9. The molecule has 26 heavy (non-hydrogen) atoms. The topological polar surface area (TPSA) is 66.0 Å². The number of amides is 1. The zero-order chi connectivity index (χ0) is 19.3. The van der Waals surface area contributed by atoms with Crippen LogP contribution in [0.25, 0.3) is 0 Å². The number of benzene rings is 1. The monoisotopic (exact) mass is 361 g/mol. The molecule has 1 fully saturated rings. The number of fused-ring (bicyclic) bond motifs is 1. The van der Waals surface area contributed by atoms with Crippen LogP contribution in [0.4, 0.5) is 10.5 Å². The Hall–Kier alpha value is -1.73. The zero-order valence-electron chi connectivity index (χ0n) is 16.7. The van der Waals surface area contributed by atoms with Crippen molar-refractivity contribution in [3.05, 3.63) is 17.7 Å². The summed E-state index contributed by atoms with van der Waals surface area (Å²) in [5.41, 5.74) is 1.14. The fourth-order valence-corrected chi connectivity index (χ4v) is 3.00. The summed E-state index contributed by atoms with van der Waals surface area (Å²) in [6.07, 6.45) is 0.289.